The first-order valence-electron chi connectivity index (χ1n) is 14.5. The zero-order valence-corrected chi connectivity index (χ0v) is 22.7. The Labute approximate surface area is 228 Å². The molecule has 39 heavy (non-hydrogen) atoms. The van der Waals surface area contributed by atoms with Crippen molar-refractivity contribution in [3.05, 3.63) is 11.6 Å². The van der Waals surface area contributed by atoms with Crippen LogP contribution in [0.2, 0.25) is 0 Å². The van der Waals surface area contributed by atoms with Crippen LogP contribution in [0.15, 0.2) is 11.6 Å². The van der Waals surface area contributed by atoms with Crippen molar-refractivity contribution in [1.29, 1.82) is 0 Å². The number of hydrogen-bond acceptors (Lipinski definition) is 10. The number of aliphatic hydroxyl groups is 5. The van der Waals surface area contributed by atoms with Crippen molar-refractivity contribution in [2.24, 2.45) is 28.6 Å². The lowest BCUT2D eigenvalue weighted by atomic mass is 9.41. The number of fused-ring (bicyclic) bond motifs is 5. The molecule has 218 valence electrons. The van der Waals surface area contributed by atoms with Crippen LogP contribution in [0.1, 0.15) is 71.6 Å². The van der Waals surface area contributed by atoms with Gasteiger partial charge >= 0.3 is 5.97 Å². The molecule has 10 nitrogen and oxygen atoms in total. The molecular weight excluding hydrogens is 508 g/mol. The Hall–Kier alpha value is -1.40. The highest BCUT2D eigenvalue weighted by Crippen LogP contribution is 2.70. The average molecular weight is 551 g/mol. The molecular formula is C29H42O10. The number of carbonyl (C=O) groups is 2. The second-order valence-corrected chi connectivity index (χ2v) is 13.4. The summed E-state index contributed by atoms with van der Waals surface area (Å²) in [6, 6.07) is 0. The van der Waals surface area contributed by atoms with Crippen LogP contribution in [0, 0.1) is 28.6 Å². The molecule has 5 fully saturated rings. The number of carbonyl (C=O) groups excluding carboxylic acids is 2. The maximum atomic E-state index is 13.0. The first-order valence-corrected chi connectivity index (χ1v) is 14.5. The quantitative estimate of drug-likeness (QED) is 0.192. The lowest BCUT2D eigenvalue weighted by Gasteiger charge is -2.65. The monoisotopic (exact) mass is 550 g/mol. The summed E-state index contributed by atoms with van der Waals surface area (Å²) >= 11 is 0. The SMILES string of the molecule is C[C@H]1O[C@@H](O[C@@H]2CC[C@]3(C=O)[C@H]4CC[C@]5(C)[C@@H](C6=CC(=O)OC6)CC[C@@]5(O)[C@@H]4CC[C@@]3(O)C2)[C@@H](O)[C@H](O)[C@@H]1O. The predicted octanol–water partition coefficient (Wildman–Crippen LogP) is 0.750. The lowest BCUT2D eigenvalue weighted by molar-refractivity contribution is -0.317. The number of esters is 1. The molecule has 0 bridgehead atoms. The smallest absolute Gasteiger partial charge is 0.331 e. The van der Waals surface area contributed by atoms with Crippen LogP contribution in [0.3, 0.4) is 0 Å². The molecule has 0 amide bonds. The molecule has 0 spiro atoms. The second-order valence-electron chi connectivity index (χ2n) is 13.4. The normalized spacial score (nSPS) is 55.2. The first kappa shape index (κ1) is 27.8. The fraction of sp³-hybridized carbons (Fsp3) is 0.862. The van der Waals surface area contributed by atoms with Gasteiger partial charge in [-0.25, -0.2) is 4.79 Å². The zero-order chi connectivity index (χ0) is 28.0. The van der Waals surface area contributed by atoms with Crippen LogP contribution in [0.5, 0.6) is 0 Å². The van der Waals surface area contributed by atoms with Gasteiger partial charge in [-0.1, -0.05) is 6.92 Å². The van der Waals surface area contributed by atoms with Crippen molar-refractivity contribution in [1.82, 2.24) is 0 Å². The minimum absolute atomic E-state index is 0.0465. The van der Waals surface area contributed by atoms with E-state index in [9.17, 15) is 35.1 Å². The summed E-state index contributed by atoms with van der Waals surface area (Å²) < 4.78 is 16.9. The second kappa shape index (κ2) is 9.31. The summed E-state index contributed by atoms with van der Waals surface area (Å²) in [5.41, 5.74) is -2.86. The summed E-state index contributed by atoms with van der Waals surface area (Å²) in [6.07, 6.45) is 0.689. The number of rotatable bonds is 4. The minimum Gasteiger partial charge on any atom is -0.458 e. The van der Waals surface area contributed by atoms with E-state index in [1.807, 2.05) is 0 Å². The van der Waals surface area contributed by atoms with Crippen molar-refractivity contribution in [3.8, 4) is 0 Å². The van der Waals surface area contributed by atoms with Gasteiger partial charge in [0.2, 0.25) is 0 Å². The van der Waals surface area contributed by atoms with E-state index in [0.717, 1.165) is 18.3 Å². The molecule has 4 aliphatic carbocycles. The van der Waals surface area contributed by atoms with Gasteiger partial charge in [-0.05, 0) is 81.6 Å². The highest BCUT2D eigenvalue weighted by atomic mass is 16.7. The van der Waals surface area contributed by atoms with Gasteiger partial charge in [0.1, 0.15) is 31.2 Å². The molecule has 0 aromatic heterocycles. The van der Waals surface area contributed by atoms with Crippen LogP contribution in [0.25, 0.3) is 0 Å². The van der Waals surface area contributed by atoms with Crippen molar-refractivity contribution in [2.75, 3.05) is 6.61 Å². The van der Waals surface area contributed by atoms with Crippen molar-refractivity contribution in [2.45, 2.75) is 120 Å². The van der Waals surface area contributed by atoms with E-state index >= 15 is 0 Å². The molecule has 5 N–H and O–H groups in total. The van der Waals surface area contributed by atoms with E-state index in [1.54, 1.807) is 13.0 Å². The summed E-state index contributed by atoms with van der Waals surface area (Å²) in [6.45, 7) is 3.98. The fourth-order valence-corrected chi connectivity index (χ4v) is 9.75. The van der Waals surface area contributed by atoms with Gasteiger partial charge in [0.15, 0.2) is 6.29 Å². The van der Waals surface area contributed by atoms with Crippen molar-refractivity contribution >= 4 is 12.3 Å². The Morgan fingerprint density at radius 1 is 0.974 bits per heavy atom. The fourth-order valence-electron chi connectivity index (χ4n) is 9.75. The maximum Gasteiger partial charge on any atom is 0.331 e. The van der Waals surface area contributed by atoms with E-state index in [4.69, 9.17) is 14.2 Å². The van der Waals surface area contributed by atoms with E-state index in [1.165, 1.54) is 0 Å². The van der Waals surface area contributed by atoms with Crippen LogP contribution in [-0.4, -0.2) is 92.4 Å². The zero-order valence-electron chi connectivity index (χ0n) is 22.7. The largest absolute Gasteiger partial charge is 0.458 e. The Balaban J connectivity index is 1.22. The number of cyclic esters (lactones) is 1. The van der Waals surface area contributed by atoms with Gasteiger partial charge in [0.25, 0.3) is 0 Å². The topological polar surface area (TPSA) is 163 Å². The van der Waals surface area contributed by atoms with Gasteiger partial charge in [-0.3, -0.25) is 0 Å². The molecule has 2 heterocycles. The molecule has 0 radical (unpaired) electrons. The van der Waals surface area contributed by atoms with E-state index in [2.05, 4.69) is 6.92 Å². The van der Waals surface area contributed by atoms with Gasteiger partial charge in [0, 0.05) is 17.9 Å². The summed E-state index contributed by atoms with van der Waals surface area (Å²) in [5, 5.41) is 55.0. The third-order valence-corrected chi connectivity index (χ3v) is 12.0. The Morgan fingerprint density at radius 2 is 1.72 bits per heavy atom. The van der Waals surface area contributed by atoms with Crippen LogP contribution in [-0.2, 0) is 23.8 Å². The van der Waals surface area contributed by atoms with E-state index in [0.29, 0.717) is 44.9 Å². The summed E-state index contributed by atoms with van der Waals surface area (Å²) in [5.74, 6) is -0.616. The molecule has 2 aliphatic heterocycles. The van der Waals surface area contributed by atoms with Crippen LogP contribution in [0.4, 0.5) is 0 Å². The molecule has 6 rings (SSSR count). The van der Waals surface area contributed by atoms with Gasteiger partial charge in [-0.15, -0.1) is 0 Å². The molecule has 0 unspecified atom stereocenters. The molecule has 0 aromatic rings. The number of hydrogen-bond donors (Lipinski definition) is 5. The highest BCUT2D eigenvalue weighted by molar-refractivity contribution is 5.85. The predicted molar refractivity (Wildman–Crippen MR) is 135 cm³/mol. The Bertz CT molecular complexity index is 1050. The maximum absolute atomic E-state index is 13.0. The standard InChI is InChI=1S/C29H42O10/c1-15-22(32)23(33)24(34)25(38-15)39-17-3-8-27(14-30)19-4-7-26(2)18(16-11-21(31)37-13-16)6-10-29(26,36)20(19)5-9-28(27,35)12-17/h11,14-15,17-20,22-25,32-36H,3-10,12-13H2,1-2H3/t15-,17-,18-,19+,20-,22-,23-,24+,25+,26-,27+,28-,29-/m1/s1. The van der Waals surface area contributed by atoms with E-state index in [-0.39, 0.29) is 36.8 Å². The number of aliphatic hydroxyl groups excluding tert-OH is 3. The first-order chi connectivity index (χ1) is 18.4. The molecule has 6 aliphatic rings. The van der Waals surface area contributed by atoms with Crippen molar-refractivity contribution < 1.29 is 49.3 Å². The Kier molecular flexibility index (Phi) is 6.62. The van der Waals surface area contributed by atoms with Gasteiger partial charge in [0.05, 0.1) is 28.8 Å². The average Bonchev–Trinajstić information content (AvgIpc) is 3.45. The van der Waals surface area contributed by atoms with Crippen LogP contribution >= 0.6 is 0 Å². The lowest BCUT2D eigenvalue weighted by Crippen LogP contribution is -2.69. The molecule has 13 atom stereocenters. The third-order valence-electron chi connectivity index (χ3n) is 12.0. The molecule has 1 saturated heterocycles. The van der Waals surface area contributed by atoms with E-state index < -0.39 is 58.8 Å². The van der Waals surface area contributed by atoms with Crippen molar-refractivity contribution in [3.63, 3.8) is 0 Å². The third kappa shape index (κ3) is 3.78. The summed E-state index contributed by atoms with van der Waals surface area (Å²) in [4.78, 5) is 24.8. The summed E-state index contributed by atoms with van der Waals surface area (Å²) in [7, 11) is 0. The highest BCUT2D eigenvalue weighted by Gasteiger charge is 2.71. The molecule has 4 saturated carbocycles. The number of ether oxygens (including phenoxy) is 3. The van der Waals surface area contributed by atoms with Gasteiger partial charge < -0.3 is 44.5 Å². The number of aldehydes is 1. The van der Waals surface area contributed by atoms with Crippen LogP contribution < -0.4 is 0 Å². The minimum atomic E-state index is -1.43. The Morgan fingerprint density at radius 3 is 2.41 bits per heavy atom. The van der Waals surface area contributed by atoms with Gasteiger partial charge in [-0.2, -0.15) is 0 Å². The molecule has 0 aromatic carbocycles. The molecule has 10 heteroatoms.